The molecule has 1 unspecified atom stereocenters. The summed E-state index contributed by atoms with van der Waals surface area (Å²) >= 11 is 0. The molecule has 1 aliphatic rings. The smallest absolute Gasteiger partial charge is 0.220 e. The van der Waals surface area contributed by atoms with Gasteiger partial charge in [0.2, 0.25) is 5.91 Å². The van der Waals surface area contributed by atoms with Gasteiger partial charge in [0.1, 0.15) is 5.82 Å². The standard InChI is InChI=1S/C16H22FN2O/c17-15-6-3-13(4-7-15)9-11-19-16(20)8-5-14-2-1-10-18-12-14/h3-4,6-7,14H,1-2,5,8-12H2,(H,19,20). The van der Waals surface area contributed by atoms with Crippen molar-refractivity contribution in [2.24, 2.45) is 5.92 Å². The van der Waals surface area contributed by atoms with Gasteiger partial charge in [0, 0.05) is 26.1 Å². The van der Waals surface area contributed by atoms with Gasteiger partial charge in [-0.05, 0) is 49.3 Å². The molecule has 1 radical (unpaired) electrons. The summed E-state index contributed by atoms with van der Waals surface area (Å²) in [6, 6.07) is 6.41. The van der Waals surface area contributed by atoms with Crippen LogP contribution in [0.3, 0.4) is 0 Å². The van der Waals surface area contributed by atoms with Gasteiger partial charge >= 0.3 is 0 Å². The first-order chi connectivity index (χ1) is 9.74. The van der Waals surface area contributed by atoms with Gasteiger partial charge in [-0.25, -0.2) is 9.71 Å². The molecule has 1 aliphatic heterocycles. The van der Waals surface area contributed by atoms with Gasteiger partial charge in [0.05, 0.1) is 0 Å². The van der Waals surface area contributed by atoms with Crippen LogP contribution in [0.15, 0.2) is 24.3 Å². The molecule has 1 atom stereocenters. The van der Waals surface area contributed by atoms with Crippen molar-refractivity contribution in [3.63, 3.8) is 0 Å². The zero-order chi connectivity index (χ0) is 14.2. The van der Waals surface area contributed by atoms with Gasteiger partial charge in [0.15, 0.2) is 0 Å². The van der Waals surface area contributed by atoms with Crippen LogP contribution in [-0.4, -0.2) is 25.5 Å². The van der Waals surface area contributed by atoms with Crippen LogP contribution >= 0.6 is 0 Å². The summed E-state index contributed by atoms with van der Waals surface area (Å²) in [4.78, 5) is 11.7. The molecule has 2 rings (SSSR count). The summed E-state index contributed by atoms with van der Waals surface area (Å²) in [5.74, 6) is 0.472. The number of halogens is 1. The number of hydrogen-bond acceptors (Lipinski definition) is 1. The van der Waals surface area contributed by atoms with Gasteiger partial charge in [-0.2, -0.15) is 0 Å². The quantitative estimate of drug-likeness (QED) is 0.851. The summed E-state index contributed by atoms with van der Waals surface area (Å²) in [6.45, 7) is 2.52. The number of rotatable bonds is 6. The predicted molar refractivity (Wildman–Crippen MR) is 76.9 cm³/mol. The summed E-state index contributed by atoms with van der Waals surface area (Å²) in [6.07, 6.45) is 4.63. The van der Waals surface area contributed by atoms with E-state index in [1.165, 1.54) is 18.6 Å². The molecule has 0 saturated carbocycles. The fourth-order valence-electron chi connectivity index (χ4n) is 2.51. The van der Waals surface area contributed by atoms with E-state index in [1.54, 1.807) is 12.1 Å². The number of amides is 1. The van der Waals surface area contributed by atoms with Crippen molar-refractivity contribution in [1.82, 2.24) is 10.6 Å². The Hall–Kier alpha value is -1.42. The monoisotopic (exact) mass is 277 g/mol. The molecule has 0 spiro atoms. The van der Waals surface area contributed by atoms with Gasteiger partial charge in [0.25, 0.3) is 0 Å². The fourth-order valence-corrected chi connectivity index (χ4v) is 2.51. The molecule has 0 aromatic heterocycles. The number of piperidine rings is 1. The Kier molecular flexibility index (Phi) is 5.99. The lowest BCUT2D eigenvalue weighted by atomic mass is 9.94. The number of hydrogen-bond donors (Lipinski definition) is 1. The van der Waals surface area contributed by atoms with E-state index in [1.807, 2.05) is 0 Å². The Bertz CT molecular complexity index is 413. The van der Waals surface area contributed by atoms with Crippen LogP contribution in [-0.2, 0) is 11.2 Å². The molecule has 0 bridgehead atoms. The van der Waals surface area contributed by atoms with E-state index in [-0.39, 0.29) is 11.7 Å². The summed E-state index contributed by atoms with van der Waals surface area (Å²) in [5.41, 5.74) is 1.04. The molecule has 109 valence electrons. The van der Waals surface area contributed by atoms with Crippen LogP contribution in [0, 0.1) is 11.7 Å². The van der Waals surface area contributed by atoms with Gasteiger partial charge in [-0.3, -0.25) is 4.79 Å². The van der Waals surface area contributed by atoms with Crippen LogP contribution in [0.2, 0.25) is 0 Å². The molecule has 1 aromatic rings. The average Bonchev–Trinajstić information content (AvgIpc) is 2.48. The van der Waals surface area contributed by atoms with E-state index in [9.17, 15) is 9.18 Å². The van der Waals surface area contributed by atoms with Gasteiger partial charge in [-0.1, -0.05) is 12.1 Å². The molecule has 1 N–H and O–H groups in total. The molecular formula is C16H22FN2O. The molecule has 1 amide bonds. The zero-order valence-corrected chi connectivity index (χ0v) is 11.8. The van der Waals surface area contributed by atoms with Crippen molar-refractivity contribution in [3.05, 3.63) is 35.6 Å². The first-order valence-corrected chi connectivity index (χ1v) is 7.38. The maximum absolute atomic E-state index is 12.7. The van der Waals surface area contributed by atoms with Crippen LogP contribution < -0.4 is 10.6 Å². The van der Waals surface area contributed by atoms with E-state index in [0.29, 0.717) is 18.9 Å². The molecular weight excluding hydrogens is 255 g/mol. The lowest BCUT2D eigenvalue weighted by Gasteiger charge is -2.20. The van der Waals surface area contributed by atoms with Crippen LogP contribution in [0.5, 0.6) is 0 Å². The Morgan fingerprint density at radius 3 is 2.85 bits per heavy atom. The van der Waals surface area contributed by atoms with Crippen molar-refractivity contribution in [2.45, 2.75) is 32.1 Å². The van der Waals surface area contributed by atoms with Gasteiger partial charge in [-0.15, -0.1) is 0 Å². The van der Waals surface area contributed by atoms with Crippen molar-refractivity contribution < 1.29 is 9.18 Å². The Labute approximate surface area is 120 Å². The Balaban J connectivity index is 1.58. The molecule has 4 heteroatoms. The van der Waals surface area contributed by atoms with E-state index < -0.39 is 0 Å². The lowest BCUT2D eigenvalue weighted by molar-refractivity contribution is -0.121. The highest BCUT2D eigenvalue weighted by atomic mass is 19.1. The zero-order valence-electron chi connectivity index (χ0n) is 11.8. The molecule has 1 heterocycles. The van der Waals surface area contributed by atoms with E-state index in [4.69, 9.17) is 0 Å². The predicted octanol–water partition coefficient (Wildman–Crippen LogP) is 2.28. The molecule has 0 aliphatic carbocycles. The first-order valence-electron chi connectivity index (χ1n) is 7.38. The van der Waals surface area contributed by atoms with E-state index >= 15 is 0 Å². The second-order valence-corrected chi connectivity index (χ2v) is 5.40. The average molecular weight is 277 g/mol. The second-order valence-electron chi connectivity index (χ2n) is 5.40. The van der Waals surface area contributed by atoms with Crippen molar-refractivity contribution in [2.75, 3.05) is 19.6 Å². The largest absolute Gasteiger partial charge is 0.356 e. The van der Waals surface area contributed by atoms with Crippen molar-refractivity contribution in [1.29, 1.82) is 0 Å². The van der Waals surface area contributed by atoms with Crippen molar-refractivity contribution >= 4 is 5.91 Å². The first kappa shape index (κ1) is 15.0. The topological polar surface area (TPSA) is 43.2 Å². The van der Waals surface area contributed by atoms with Crippen LogP contribution in [0.1, 0.15) is 31.2 Å². The fraction of sp³-hybridized carbons (Fsp3) is 0.562. The van der Waals surface area contributed by atoms with E-state index in [0.717, 1.165) is 37.9 Å². The van der Waals surface area contributed by atoms with Crippen molar-refractivity contribution in [3.8, 4) is 0 Å². The highest BCUT2D eigenvalue weighted by Gasteiger charge is 2.14. The number of carbonyl (C=O) groups is 1. The minimum atomic E-state index is -0.226. The maximum atomic E-state index is 12.7. The molecule has 20 heavy (non-hydrogen) atoms. The number of benzene rings is 1. The number of nitrogens with one attached hydrogen (secondary N) is 1. The summed E-state index contributed by atoms with van der Waals surface area (Å²) in [5, 5.41) is 7.31. The van der Waals surface area contributed by atoms with Crippen LogP contribution in [0.25, 0.3) is 0 Å². The third-order valence-electron chi connectivity index (χ3n) is 3.74. The number of carbonyl (C=O) groups excluding carboxylic acids is 1. The third kappa shape index (κ3) is 5.29. The maximum Gasteiger partial charge on any atom is 0.220 e. The lowest BCUT2D eigenvalue weighted by Crippen LogP contribution is -2.28. The Morgan fingerprint density at radius 1 is 1.35 bits per heavy atom. The summed E-state index contributed by atoms with van der Waals surface area (Å²) in [7, 11) is 0. The highest BCUT2D eigenvalue weighted by molar-refractivity contribution is 5.75. The summed E-state index contributed by atoms with van der Waals surface area (Å²) < 4.78 is 12.7. The molecule has 3 nitrogen and oxygen atoms in total. The molecule has 1 saturated heterocycles. The number of nitrogens with zero attached hydrogens (tertiary/aromatic N) is 1. The minimum Gasteiger partial charge on any atom is -0.356 e. The Morgan fingerprint density at radius 2 is 2.15 bits per heavy atom. The van der Waals surface area contributed by atoms with Gasteiger partial charge < -0.3 is 5.32 Å². The van der Waals surface area contributed by atoms with E-state index in [2.05, 4.69) is 10.6 Å². The highest BCUT2D eigenvalue weighted by Crippen LogP contribution is 2.16. The van der Waals surface area contributed by atoms with Crippen LogP contribution in [0.4, 0.5) is 4.39 Å². The third-order valence-corrected chi connectivity index (χ3v) is 3.74. The second kappa shape index (κ2) is 8.00. The normalized spacial score (nSPS) is 18.8. The molecule has 1 aromatic carbocycles. The minimum absolute atomic E-state index is 0.109. The molecule has 1 fully saturated rings. The SMILES string of the molecule is O=C(CCC1CCC[N]C1)NCCc1ccc(F)cc1.